The molecule has 1 heterocycles. The van der Waals surface area contributed by atoms with E-state index in [2.05, 4.69) is 11.4 Å². The summed E-state index contributed by atoms with van der Waals surface area (Å²) in [5.74, 6) is 1.48. The molecule has 1 fully saturated rings. The van der Waals surface area contributed by atoms with E-state index < -0.39 is 5.41 Å². The second-order valence-corrected chi connectivity index (χ2v) is 9.57. The van der Waals surface area contributed by atoms with E-state index in [1.807, 2.05) is 49.4 Å². The summed E-state index contributed by atoms with van der Waals surface area (Å²) in [4.78, 5) is 25.8. The van der Waals surface area contributed by atoms with Gasteiger partial charge in [-0.2, -0.15) is 0 Å². The number of amides is 1. The van der Waals surface area contributed by atoms with Gasteiger partial charge in [0.15, 0.2) is 11.5 Å². The third-order valence-electron chi connectivity index (χ3n) is 7.10. The van der Waals surface area contributed by atoms with E-state index >= 15 is 0 Å². The van der Waals surface area contributed by atoms with Gasteiger partial charge >= 0.3 is 0 Å². The Hall–Kier alpha value is -3.68. The van der Waals surface area contributed by atoms with Gasteiger partial charge in [-0.1, -0.05) is 36.4 Å². The summed E-state index contributed by atoms with van der Waals surface area (Å²) >= 11 is 0. The molecule has 3 aromatic carbocycles. The molecule has 194 valence electrons. The Morgan fingerprint density at radius 1 is 1.00 bits per heavy atom. The zero-order valence-corrected chi connectivity index (χ0v) is 20.9. The molecule has 1 saturated carbocycles. The number of carbonyl (C=O) groups excluding carboxylic acids is 2. The van der Waals surface area contributed by atoms with Crippen molar-refractivity contribution in [1.29, 1.82) is 0 Å². The number of hydrogen-bond acceptors (Lipinski definition) is 6. The first-order chi connectivity index (χ1) is 18.0. The monoisotopic (exact) mass is 503 g/mol. The van der Waals surface area contributed by atoms with Crippen molar-refractivity contribution in [2.75, 3.05) is 33.2 Å². The lowest BCUT2D eigenvalue weighted by Gasteiger charge is -2.16. The fourth-order valence-electron chi connectivity index (χ4n) is 4.80. The molecule has 7 nitrogen and oxygen atoms in total. The van der Waals surface area contributed by atoms with Crippen molar-refractivity contribution in [3.05, 3.63) is 82.9 Å². The number of ketones is 1. The number of fused-ring (bicyclic) bond motifs is 1. The second kappa shape index (κ2) is 10.7. The summed E-state index contributed by atoms with van der Waals surface area (Å²) in [6.07, 6.45) is 2.06. The Kier molecular flexibility index (Phi) is 7.26. The van der Waals surface area contributed by atoms with Gasteiger partial charge in [-0.05, 0) is 71.8 Å². The van der Waals surface area contributed by atoms with Crippen LogP contribution in [0.5, 0.6) is 11.5 Å². The van der Waals surface area contributed by atoms with Gasteiger partial charge < -0.3 is 24.6 Å². The smallest absolute Gasteiger partial charge is 0.251 e. The van der Waals surface area contributed by atoms with Crippen LogP contribution >= 0.6 is 0 Å². The molecule has 37 heavy (non-hydrogen) atoms. The number of nitrogens with one attached hydrogen (secondary N) is 1. The fourth-order valence-corrected chi connectivity index (χ4v) is 4.80. The SMILES string of the molecule is Cc1ccc(CC(=O)C2(c3ccc4c(c3)OCO4)CC2)cc1-c1ccc(C(=O)NCCOCCO)cc1.[HH]. The van der Waals surface area contributed by atoms with E-state index in [1.54, 1.807) is 12.1 Å². The average molecular weight is 504 g/mol. The lowest BCUT2D eigenvalue weighted by molar-refractivity contribution is -0.120. The van der Waals surface area contributed by atoms with Crippen LogP contribution in [0, 0.1) is 6.92 Å². The number of ether oxygens (including phenoxy) is 3. The molecule has 0 unspecified atom stereocenters. The van der Waals surface area contributed by atoms with Crippen LogP contribution in [0.2, 0.25) is 0 Å². The third kappa shape index (κ3) is 5.38. The Labute approximate surface area is 217 Å². The lowest BCUT2D eigenvalue weighted by Crippen LogP contribution is -2.27. The van der Waals surface area contributed by atoms with Crippen LogP contribution in [-0.4, -0.2) is 50.0 Å². The molecule has 0 atom stereocenters. The highest BCUT2D eigenvalue weighted by Crippen LogP contribution is 2.51. The first-order valence-electron chi connectivity index (χ1n) is 12.6. The maximum absolute atomic E-state index is 13.5. The normalized spacial score (nSPS) is 14.9. The molecule has 2 N–H and O–H groups in total. The highest BCUT2D eigenvalue weighted by molar-refractivity contribution is 5.95. The number of benzene rings is 3. The van der Waals surface area contributed by atoms with E-state index in [-0.39, 0.29) is 33.1 Å². The number of carbonyl (C=O) groups is 2. The topological polar surface area (TPSA) is 94.1 Å². The predicted molar refractivity (Wildman–Crippen MR) is 141 cm³/mol. The van der Waals surface area contributed by atoms with Crippen molar-refractivity contribution in [3.8, 4) is 22.6 Å². The van der Waals surface area contributed by atoms with E-state index in [9.17, 15) is 9.59 Å². The van der Waals surface area contributed by atoms with Crippen molar-refractivity contribution in [2.45, 2.75) is 31.6 Å². The van der Waals surface area contributed by atoms with Crippen molar-refractivity contribution in [1.82, 2.24) is 5.32 Å². The van der Waals surface area contributed by atoms with Crippen LogP contribution in [0.15, 0.2) is 60.7 Å². The average Bonchev–Trinajstić information content (AvgIpc) is 3.60. The highest BCUT2D eigenvalue weighted by Gasteiger charge is 2.50. The van der Waals surface area contributed by atoms with Crippen molar-refractivity contribution < 1.29 is 30.3 Å². The quantitative estimate of drug-likeness (QED) is 0.381. The molecule has 0 radical (unpaired) electrons. The molecular formula is C30H33NO6. The van der Waals surface area contributed by atoms with Gasteiger partial charge in [0.05, 0.1) is 25.2 Å². The van der Waals surface area contributed by atoms with Crippen LogP contribution in [0.25, 0.3) is 11.1 Å². The number of Topliss-reactive ketones (excluding diaryl/α,β-unsaturated/α-hetero) is 1. The molecule has 5 rings (SSSR count). The summed E-state index contributed by atoms with van der Waals surface area (Å²) in [5, 5.41) is 11.5. The van der Waals surface area contributed by atoms with E-state index in [0.717, 1.165) is 46.4 Å². The molecule has 0 aromatic heterocycles. The van der Waals surface area contributed by atoms with Crippen LogP contribution in [0.4, 0.5) is 0 Å². The minimum atomic E-state index is -0.440. The Morgan fingerprint density at radius 3 is 2.54 bits per heavy atom. The maximum atomic E-state index is 13.5. The molecule has 1 aliphatic heterocycles. The zero-order chi connectivity index (χ0) is 25.8. The summed E-state index contributed by atoms with van der Waals surface area (Å²) < 4.78 is 16.1. The minimum Gasteiger partial charge on any atom is -0.454 e. The van der Waals surface area contributed by atoms with Gasteiger partial charge in [0.2, 0.25) is 6.79 Å². The van der Waals surface area contributed by atoms with Crippen molar-refractivity contribution in [2.24, 2.45) is 0 Å². The van der Waals surface area contributed by atoms with Crippen molar-refractivity contribution >= 4 is 11.7 Å². The fraction of sp³-hybridized carbons (Fsp3) is 0.333. The summed E-state index contributed by atoms with van der Waals surface area (Å²) in [7, 11) is 0. The Bertz CT molecular complexity index is 1300. The number of hydrogen-bond donors (Lipinski definition) is 2. The molecule has 7 heteroatoms. The third-order valence-corrected chi connectivity index (χ3v) is 7.10. The number of aliphatic hydroxyl groups excluding tert-OH is 1. The molecule has 0 spiro atoms. The molecular weight excluding hydrogens is 470 g/mol. The van der Waals surface area contributed by atoms with Gasteiger partial charge in [0.1, 0.15) is 5.78 Å². The maximum Gasteiger partial charge on any atom is 0.251 e. The molecule has 1 amide bonds. The molecule has 3 aromatic rings. The van der Waals surface area contributed by atoms with Gasteiger partial charge in [-0.3, -0.25) is 9.59 Å². The highest BCUT2D eigenvalue weighted by atomic mass is 16.7. The van der Waals surface area contributed by atoms with E-state index in [4.69, 9.17) is 19.3 Å². The predicted octanol–water partition coefficient (Wildman–Crippen LogP) is 4.22. The molecule has 0 bridgehead atoms. The molecule has 1 aliphatic carbocycles. The van der Waals surface area contributed by atoms with Gasteiger partial charge in [0, 0.05) is 20.0 Å². The summed E-state index contributed by atoms with van der Waals surface area (Å²) in [6, 6.07) is 19.4. The zero-order valence-electron chi connectivity index (χ0n) is 20.9. The minimum absolute atomic E-state index is 0. The Balaban J connectivity index is 0.00000336. The summed E-state index contributed by atoms with van der Waals surface area (Å²) in [5.41, 5.74) is 5.24. The van der Waals surface area contributed by atoms with Crippen LogP contribution < -0.4 is 14.8 Å². The largest absolute Gasteiger partial charge is 0.454 e. The van der Waals surface area contributed by atoms with Crippen LogP contribution in [0.3, 0.4) is 0 Å². The lowest BCUT2D eigenvalue weighted by atomic mass is 9.87. The first kappa shape index (κ1) is 25.0. The Morgan fingerprint density at radius 2 is 1.78 bits per heavy atom. The van der Waals surface area contributed by atoms with Crippen LogP contribution in [-0.2, 0) is 21.4 Å². The standard InChI is InChI=1S/C30H31NO6.H2/c1-20-2-3-21(17-28(33)30(10-11-30)24-8-9-26-27(18-24)37-19-36-26)16-25(20)22-4-6-23(7-5-22)29(34)31-12-14-35-15-13-32;/h2-9,16,18,32H,10-15,17,19H2,1H3,(H,31,34);1H. The summed E-state index contributed by atoms with van der Waals surface area (Å²) in [6.45, 7) is 3.22. The van der Waals surface area contributed by atoms with Crippen LogP contribution in [0.1, 0.15) is 41.3 Å². The van der Waals surface area contributed by atoms with Crippen molar-refractivity contribution in [3.63, 3.8) is 0 Å². The number of rotatable bonds is 11. The number of aliphatic hydroxyl groups is 1. The second-order valence-electron chi connectivity index (χ2n) is 9.57. The van der Waals surface area contributed by atoms with E-state index in [0.29, 0.717) is 30.9 Å². The van der Waals surface area contributed by atoms with E-state index in [1.165, 1.54) is 0 Å². The molecule has 0 saturated heterocycles. The van der Waals surface area contributed by atoms with Gasteiger partial charge in [-0.25, -0.2) is 0 Å². The van der Waals surface area contributed by atoms with Gasteiger partial charge in [-0.15, -0.1) is 0 Å². The first-order valence-corrected chi connectivity index (χ1v) is 12.6. The molecule has 2 aliphatic rings. The number of aryl methyl sites for hydroxylation is 1. The van der Waals surface area contributed by atoms with Gasteiger partial charge in [0.25, 0.3) is 5.91 Å².